The number of likely N-dealkylation sites (N-methyl/N-ethyl adjacent to an activating group) is 1. The molecule has 2 N–H and O–H groups in total. The minimum atomic E-state index is -0.333. The fourth-order valence-corrected chi connectivity index (χ4v) is 2.50. The number of benzene rings is 2. The van der Waals surface area contributed by atoms with Crippen molar-refractivity contribution in [2.45, 2.75) is 25.4 Å². The Morgan fingerprint density at radius 1 is 0.900 bits per heavy atom. The van der Waals surface area contributed by atoms with E-state index in [9.17, 15) is 5.11 Å². The van der Waals surface area contributed by atoms with Gasteiger partial charge in [0.1, 0.15) is 0 Å². The fourth-order valence-electron chi connectivity index (χ4n) is 2.50. The maximum absolute atomic E-state index is 10.2. The Hall–Kier alpha value is -1.64. The second-order valence-corrected chi connectivity index (χ2v) is 5.07. The molecule has 0 saturated heterocycles. The summed E-state index contributed by atoms with van der Waals surface area (Å²) in [6.45, 7) is 3.59. The number of nitrogens with one attached hydrogen (secondary N) is 1. The number of rotatable bonds is 7. The predicted octanol–water partition coefficient (Wildman–Crippen LogP) is 3.18. The van der Waals surface area contributed by atoms with Gasteiger partial charge in [0.2, 0.25) is 0 Å². The monoisotopic (exact) mass is 269 g/mol. The Kier molecular flexibility index (Phi) is 5.78. The minimum absolute atomic E-state index is 0.242. The normalized spacial score (nSPS) is 12.6. The summed E-state index contributed by atoms with van der Waals surface area (Å²) in [5.74, 6) is 0.242. The van der Waals surface area contributed by atoms with Gasteiger partial charge in [-0.25, -0.2) is 0 Å². The number of hydrogen-bond donors (Lipinski definition) is 2. The van der Waals surface area contributed by atoms with Crippen molar-refractivity contribution in [3.8, 4) is 0 Å². The summed E-state index contributed by atoms with van der Waals surface area (Å²) in [6.07, 6.45) is 0.404. The van der Waals surface area contributed by atoms with Gasteiger partial charge in [-0.15, -0.1) is 0 Å². The Morgan fingerprint density at radius 2 is 1.40 bits per heavy atom. The molecule has 2 aromatic carbocycles. The molecule has 0 aliphatic carbocycles. The molecule has 0 spiro atoms. The highest BCUT2D eigenvalue weighted by Gasteiger charge is 2.17. The second-order valence-electron chi connectivity index (χ2n) is 5.07. The molecule has 1 unspecified atom stereocenters. The van der Waals surface area contributed by atoms with Crippen LogP contribution < -0.4 is 5.32 Å². The quantitative estimate of drug-likeness (QED) is 0.809. The van der Waals surface area contributed by atoms with Crippen molar-refractivity contribution in [3.05, 3.63) is 71.8 Å². The maximum atomic E-state index is 10.2. The zero-order valence-corrected chi connectivity index (χ0v) is 12.0. The van der Waals surface area contributed by atoms with Gasteiger partial charge >= 0.3 is 0 Å². The highest BCUT2D eigenvalue weighted by molar-refractivity contribution is 5.32. The molecule has 1 atom stereocenters. The maximum Gasteiger partial charge on any atom is 0.0673 e. The molecule has 2 rings (SSSR count). The highest BCUT2D eigenvalue weighted by Crippen LogP contribution is 2.28. The third-order valence-electron chi connectivity index (χ3n) is 3.54. The summed E-state index contributed by atoms with van der Waals surface area (Å²) in [5, 5.41) is 13.4. The lowest BCUT2D eigenvalue weighted by Crippen LogP contribution is -2.28. The molecule has 0 heterocycles. The third kappa shape index (κ3) is 4.19. The van der Waals surface area contributed by atoms with Crippen LogP contribution in [0.4, 0.5) is 0 Å². The SMILES string of the molecule is CCNCC(O)CC(c1ccccc1)c1ccccc1. The predicted molar refractivity (Wildman–Crippen MR) is 83.9 cm³/mol. The minimum Gasteiger partial charge on any atom is -0.392 e. The molecule has 0 aliphatic heterocycles. The Morgan fingerprint density at radius 3 is 1.85 bits per heavy atom. The summed E-state index contributed by atoms with van der Waals surface area (Å²) < 4.78 is 0. The van der Waals surface area contributed by atoms with Gasteiger partial charge in [-0.1, -0.05) is 67.6 Å². The lowest BCUT2D eigenvalue weighted by atomic mass is 9.86. The van der Waals surface area contributed by atoms with Crippen LogP contribution in [0.3, 0.4) is 0 Å². The van der Waals surface area contributed by atoms with Crippen LogP contribution in [0.25, 0.3) is 0 Å². The van der Waals surface area contributed by atoms with E-state index in [4.69, 9.17) is 0 Å². The van der Waals surface area contributed by atoms with E-state index in [-0.39, 0.29) is 12.0 Å². The van der Waals surface area contributed by atoms with Crippen molar-refractivity contribution in [2.75, 3.05) is 13.1 Å². The molecule has 0 fully saturated rings. The molecular weight excluding hydrogens is 246 g/mol. The van der Waals surface area contributed by atoms with Crippen molar-refractivity contribution in [2.24, 2.45) is 0 Å². The third-order valence-corrected chi connectivity index (χ3v) is 3.54. The molecule has 0 radical (unpaired) electrons. The van der Waals surface area contributed by atoms with Crippen LogP contribution in [0.5, 0.6) is 0 Å². The first-order valence-corrected chi connectivity index (χ1v) is 7.30. The van der Waals surface area contributed by atoms with Crippen molar-refractivity contribution >= 4 is 0 Å². The van der Waals surface area contributed by atoms with Gasteiger partial charge in [-0.05, 0) is 24.1 Å². The van der Waals surface area contributed by atoms with E-state index in [0.717, 1.165) is 13.0 Å². The summed E-state index contributed by atoms with van der Waals surface area (Å²) in [6, 6.07) is 20.8. The van der Waals surface area contributed by atoms with Gasteiger partial charge in [-0.3, -0.25) is 0 Å². The lowest BCUT2D eigenvalue weighted by Gasteiger charge is -2.21. The largest absolute Gasteiger partial charge is 0.392 e. The van der Waals surface area contributed by atoms with Gasteiger partial charge in [0.15, 0.2) is 0 Å². The Balaban J connectivity index is 2.17. The standard InChI is InChI=1S/C18H23NO/c1-2-19-14-17(20)13-18(15-9-5-3-6-10-15)16-11-7-4-8-12-16/h3-12,17-20H,2,13-14H2,1H3. The van der Waals surface area contributed by atoms with Crippen LogP contribution in [-0.2, 0) is 0 Å². The van der Waals surface area contributed by atoms with E-state index in [2.05, 4.69) is 60.8 Å². The van der Waals surface area contributed by atoms with Crippen LogP contribution in [0.2, 0.25) is 0 Å². The molecular formula is C18H23NO. The average Bonchev–Trinajstić information content (AvgIpc) is 2.52. The molecule has 2 heteroatoms. The zero-order valence-electron chi connectivity index (χ0n) is 12.0. The molecule has 106 valence electrons. The van der Waals surface area contributed by atoms with Crippen LogP contribution >= 0.6 is 0 Å². The molecule has 0 amide bonds. The van der Waals surface area contributed by atoms with E-state index in [1.165, 1.54) is 11.1 Å². The second kappa shape index (κ2) is 7.83. The molecule has 2 nitrogen and oxygen atoms in total. The van der Waals surface area contributed by atoms with Gasteiger partial charge in [0.25, 0.3) is 0 Å². The molecule has 0 aliphatic rings. The van der Waals surface area contributed by atoms with Crippen LogP contribution in [0.15, 0.2) is 60.7 Å². The molecule has 0 bridgehead atoms. The van der Waals surface area contributed by atoms with E-state index >= 15 is 0 Å². The first-order valence-electron chi connectivity index (χ1n) is 7.30. The van der Waals surface area contributed by atoms with Crippen molar-refractivity contribution in [3.63, 3.8) is 0 Å². The summed E-state index contributed by atoms with van der Waals surface area (Å²) in [5.41, 5.74) is 2.52. The highest BCUT2D eigenvalue weighted by atomic mass is 16.3. The van der Waals surface area contributed by atoms with Gasteiger partial charge < -0.3 is 10.4 Å². The summed E-state index contributed by atoms with van der Waals surface area (Å²) in [4.78, 5) is 0. The molecule has 0 aromatic heterocycles. The van der Waals surface area contributed by atoms with Gasteiger partial charge in [0, 0.05) is 12.5 Å². The molecule has 2 aromatic rings. The number of aliphatic hydroxyl groups is 1. The zero-order chi connectivity index (χ0) is 14.2. The number of aliphatic hydroxyl groups excluding tert-OH is 1. The Bertz CT molecular complexity index is 444. The van der Waals surface area contributed by atoms with Crippen molar-refractivity contribution < 1.29 is 5.11 Å². The molecule has 0 saturated carbocycles. The van der Waals surface area contributed by atoms with E-state index in [1.807, 2.05) is 12.1 Å². The van der Waals surface area contributed by atoms with E-state index < -0.39 is 0 Å². The van der Waals surface area contributed by atoms with Gasteiger partial charge in [-0.2, -0.15) is 0 Å². The Labute approximate surface area is 121 Å². The van der Waals surface area contributed by atoms with Crippen LogP contribution in [0, 0.1) is 0 Å². The van der Waals surface area contributed by atoms with Crippen LogP contribution in [0.1, 0.15) is 30.4 Å². The van der Waals surface area contributed by atoms with Crippen LogP contribution in [-0.4, -0.2) is 24.3 Å². The summed E-state index contributed by atoms with van der Waals surface area (Å²) in [7, 11) is 0. The van der Waals surface area contributed by atoms with Gasteiger partial charge in [0.05, 0.1) is 6.10 Å². The molecule has 20 heavy (non-hydrogen) atoms. The average molecular weight is 269 g/mol. The topological polar surface area (TPSA) is 32.3 Å². The van der Waals surface area contributed by atoms with Crippen molar-refractivity contribution in [1.82, 2.24) is 5.32 Å². The summed E-state index contributed by atoms with van der Waals surface area (Å²) >= 11 is 0. The van der Waals surface area contributed by atoms with Crippen molar-refractivity contribution in [1.29, 1.82) is 0 Å². The smallest absolute Gasteiger partial charge is 0.0673 e. The first kappa shape index (κ1) is 14.8. The lowest BCUT2D eigenvalue weighted by molar-refractivity contribution is 0.157. The fraction of sp³-hybridized carbons (Fsp3) is 0.333. The number of hydrogen-bond acceptors (Lipinski definition) is 2. The van der Waals surface area contributed by atoms with E-state index in [0.29, 0.717) is 6.54 Å². The first-order chi connectivity index (χ1) is 9.81. The van der Waals surface area contributed by atoms with E-state index in [1.54, 1.807) is 0 Å².